The lowest BCUT2D eigenvalue weighted by Gasteiger charge is -2.35. The molecule has 8 heteroatoms. The monoisotopic (exact) mass is 522 g/mol. The first-order chi connectivity index (χ1) is 17.4. The Morgan fingerprint density at radius 2 is 1.69 bits per heavy atom. The van der Waals surface area contributed by atoms with Crippen molar-refractivity contribution in [3.8, 4) is 11.5 Å². The number of benzene rings is 4. The van der Waals surface area contributed by atoms with E-state index in [0.717, 1.165) is 16.8 Å². The molecule has 1 aliphatic rings. The zero-order valence-corrected chi connectivity index (χ0v) is 20.7. The average molecular weight is 523 g/mol. The van der Waals surface area contributed by atoms with Gasteiger partial charge in [-0.05, 0) is 72.3 Å². The number of carbonyl (C=O) groups is 1. The predicted molar refractivity (Wildman–Crippen MR) is 140 cm³/mol. The summed E-state index contributed by atoms with van der Waals surface area (Å²) in [6, 6.07) is 23.2. The van der Waals surface area contributed by atoms with Crippen LogP contribution < -0.4 is 19.7 Å². The molecule has 0 aromatic heterocycles. The van der Waals surface area contributed by atoms with Crippen LogP contribution in [0.15, 0.2) is 84.9 Å². The number of hydrogen-bond donors (Lipinski definition) is 1. The van der Waals surface area contributed by atoms with Crippen LogP contribution in [0.3, 0.4) is 0 Å². The van der Waals surface area contributed by atoms with Crippen LogP contribution >= 0.6 is 23.2 Å². The van der Waals surface area contributed by atoms with Gasteiger partial charge in [0.25, 0.3) is 5.91 Å². The van der Waals surface area contributed by atoms with Crippen LogP contribution in [0.1, 0.15) is 17.2 Å². The first-order valence-electron chi connectivity index (χ1n) is 11.1. The van der Waals surface area contributed by atoms with E-state index in [-0.39, 0.29) is 18.3 Å². The third kappa shape index (κ3) is 4.70. The molecule has 0 saturated carbocycles. The zero-order valence-electron chi connectivity index (χ0n) is 19.2. The van der Waals surface area contributed by atoms with Crippen LogP contribution in [0, 0.1) is 5.82 Å². The minimum atomic E-state index is -0.686. The molecule has 0 aliphatic carbocycles. The SMILES string of the molecule is COc1ccc(C2Nc3ccccc3N(c3ccc(F)cc3)C2=O)cc1COc1ccc(Cl)cc1Cl. The van der Waals surface area contributed by atoms with Crippen molar-refractivity contribution in [1.82, 2.24) is 0 Å². The van der Waals surface area contributed by atoms with Crippen molar-refractivity contribution in [1.29, 1.82) is 0 Å². The Labute approximate surface area is 218 Å². The molecule has 0 spiro atoms. The Morgan fingerprint density at radius 1 is 0.944 bits per heavy atom. The topological polar surface area (TPSA) is 50.8 Å². The molecule has 0 saturated heterocycles. The first kappa shape index (κ1) is 24.0. The fourth-order valence-corrected chi connectivity index (χ4v) is 4.64. The summed E-state index contributed by atoms with van der Waals surface area (Å²) < 4.78 is 25.0. The van der Waals surface area contributed by atoms with Crippen molar-refractivity contribution in [3.05, 3.63) is 112 Å². The van der Waals surface area contributed by atoms with E-state index in [0.29, 0.717) is 32.9 Å². The summed E-state index contributed by atoms with van der Waals surface area (Å²) in [7, 11) is 1.57. The smallest absolute Gasteiger partial charge is 0.258 e. The number of anilines is 3. The molecule has 0 bridgehead atoms. The number of methoxy groups -OCH3 is 1. The van der Waals surface area contributed by atoms with Crippen molar-refractivity contribution in [3.63, 3.8) is 0 Å². The normalized spacial score (nSPS) is 14.7. The molecule has 1 N–H and O–H groups in total. The van der Waals surface area contributed by atoms with E-state index in [2.05, 4.69) is 5.32 Å². The van der Waals surface area contributed by atoms with Gasteiger partial charge in [0.1, 0.15) is 30.0 Å². The quantitative estimate of drug-likeness (QED) is 0.284. The van der Waals surface area contributed by atoms with Crippen LogP contribution in [-0.2, 0) is 11.4 Å². The summed E-state index contributed by atoms with van der Waals surface area (Å²) in [5.41, 5.74) is 3.52. The van der Waals surface area contributed by atoms with Gasteiger partial charge in [-0.2, -0.15) is 0 Å². The molecular weight excluding hydrogens is 502 g/mol. The second-order valence-corrected chi connectivity index (χ2v) is 9.02. The summed E-state index contributed by atoms with van der Waals surface area (Å²) in [4.78, 5) is 15.4. The molecule has 4 aromatic carbocycles. The van der Waals surface area contributed by atoms with Gasteiger partial charge in [-0.25, -0.2) is 4.39 Å². The van der Waals surface area contributed by atoms with E-state index >= 15 is 0 Å². The molecule has 1 unspecified atom stereocenters. The third-order valence-electron chi connectivity index (χ3n) is 5.91. The van der Waals surface area contributed by atoms with Crippen LogP contribution in [0.4, 0.5) is 21.5 Å². The van der Waals surface area contributed by atoms with E-state index in [1.54, 1.807) is 48.4 Å². The van der Waals surface area contributed by atoms with Gasteiger partial charge in [-0.15, -0.1) is 0 Å². The molecule has 5 rings (SSSR count). The molecular formula is C28H21Cl2FN2O3. The highest BCUT2D eigenvalue weighted by molar-refractivity contribution is 6.35. The highest BCUT2D eigenvalue weighted by atomic mass is 35.5. The fourth-order valence-electron chi connectivity index (χ4n) is 4.18. The molecule has 1 heterocycles. The van der Waals surface area contributed by atoms with E-state index in [9.17, 15) is 9.18 Å². The molecule has 36 heavy (non-hydrogen) atoms. The minimum Gasteiger partial charge on any atom is -0.496 e. The molecule has 1 aliphatic heterocycles. The molecule has 182 valence electrons. The fraction of sp³-hybridized carbons (Fsp3) is 0.107. The second-order valence-electron chi connectivity index (χ2n) is 8.18. The van der Waals surface area contributed by atoms with E-state index < -0.39 is 6.04 Å². The predicted octanol–water partition coefficient (Wildman–Crippen LogP) is 7.55. The Morgan fingerprint density at radius 3 is 2.44 bits per heavy atom. The number of nitrogens with zero attached hydrogens (tertiary/aromatic N) is 1. The lowest BCUT2D eigenvalue weighted by atomic mass is 9.98. The number of halogens is 3. The van der Waals surface area contributed by atoms with Gasteiger partial charge in [0.15, 0.2) is 0 Å². The largest absolute Gasteiger partial charge is 0.496 e. The standard InChI is InChI=1S/C28H21Cl2FN2O3/c1-35-25-12-6-17(14-18(25)16-36-26-13-7-19(29)15-22(26)30)27-28(34)33(21-10-8-20(31)9-11-21)24-5-3-2-4-23(24)32-27/h2-15,27,32H,16H2,1H3. The lowest BCUT2D eigenvalue weighted by Crippen LogP contribution is -2.39. The maximum Gasteiger partial charge on any atom is 0.258 e. The summed E-state index contributed by atoms with van der Waals surface area (Å²) in [6.45, 7) is 0.164. The number of para-hydroxylation sites is 2. The molecule has 1 atom stereocenters. The van der Waals surface area contributed by atoms with Gasteiger partial charge >= 0.3 is 0 Å². The van der Waals surface area contributed by atoms with Crippen molar-refractivity contribution in [2.75, 3.05) is 17.3 Å². The molecule has 1 amide bonds. The second kappa shape index (κ2) is 10.1. The van der Waals surface area contributed by atoms with Crippen molar-refractivity contribution >= 4 is 46.2 Å². The number of fused-ring (bicyclic) bond motifs is 1. The Balaban J connectivity index is 1.49. The van der Waals surface area contributed by atoms with E-state index in [1.807, 2.05) is 36.4 Å². The first-order valence-corrected chi connectivity index (χ1v) is 11.9. The van der Waals surface area contributed by atoms with Crippen LogP contribution in [0.5, 0.6) is 11.5 Å². The Kier molecular flexibility index (Phi) is 6.72. The highest BCUT2D eigenvalue weighted by Gasteiger charge is 2.34. The van der Waals surface area contributed by atoms with Gasteiger partial charge in [0.05, 0.1) is 23.5 Å². The molecule has 5 nitrogen and oxygen atoms in total. The zero-order chi connectivity index (χ0) is 25.2. The third-order valence-corrected chi connectivity index (χ3v) is 6.44. The Bertz CT molecular complexity index is 1430. The number of hydrogen-bond acceptors (Lipinski definition) is 4. The van der Waals surface area contributed by atoms with E-state index in [1.165, 1.54) is 12.1 Å². The lowest BCUT2D eigenvalue weighted by molar-refractivity contribution is -0.118. The van der Waals surface area contributed by atoms with E-state index in [4.69, 9.17) is 32.7 Å². The van der Waals surface area contributed by atoms with Gasteiger partial charge in [0.2, 0.25) is 0 Å². The number of nitrogens with one attached hydrogen (secondary N) is 1. The summed E-state index contributed by atoms with van der Waals surface area (Å²) in [5, 5.41) is 4.26. The van der Waals surface area contributed by atoms with Crippen LogP contribution in [-0.4, -0.2) is 13.0 Å². The number of rotatable bonds is 6. The summed E-state index contributed by atoms with van der Waals surface area (Å²) in [5.74, 6) is 0.532. The molecule has 4 aromatic rings. The Hall–Kier alpha value is -3.74. The van der Waals surface area contributed by atoms with Gasteiger partial charge in [0, 0.05) is 16.3 Å². The van der Waals surface area contributed by atoms with Crippen molar-refractivity contribution < 1.29 is 18.7 Å². The maximum absolute atomic E-state index is 13.8. The van der Waals surface area contributed by atoms with Gasteiger partial charge < -0.3 is 14.8 Å². The van der Waals surface area contributed by atoms with Crippen LogP contribution in [0.25, 0.3) is 0 Å². The number of carbonyl (C=O) groups excluding carboxylic acids is 1. The molecule has 0 fully saturated rings. The summed E-state index contributed by atoms with van der Waals surface area (Å²) >= 11 is 12.2. The number of amides is 1. The summed E-state index contributed by atoms with van der Waals surface area (Å²) in [6.07, 6.45) is 0. The maximum atomic E-state index is 13.8. The van der Waals surface area contributed by atoms with Gasteiger partial charge in [-0.3, -0.25) is 9.69 Å². The van der Waals surface area contributed by atoms with Crippen molar-refractivity contribution in [2.45, 2.75) is 12.6 Å². The van der Waals surface area contributed by atoms with Crippen LogP contribution in [0.2, 0.25) is 10.0 Å². The minimum absolute atomic E-state index is 0.164. The average Bonchev–Trinajstić information content (AvgIpc) is 2.88. The molecule has 0 radical (unpaired) electrons. The van der Waals surface area contributed by atoms with Crippen molar-refractivity contribution in [2.24, 2.45) is 0 Å². The van der Waals surface area contributed by atoms with Gasteiger partial charge in [-0.1, -0.05) is 41.4 Å². The number of ether oxygens (including phenoxy) is 2. The highest BCUT2D eigenvalue weighted by Crippen LogP contribution is 2.41.